The van der Waals surface area contributed by atoms with Gasteiger partial charge in [-0.25, -0.2) is 0 Å². The molecule has 24 heavy (non-hydrogen) atoms. The standard InChI is InChI=1S/C16H10N4O3S/c17-18-12-8-9-16(24(21,22)23)15(10-12)20-19-14-7-3-5-11-4-1-2-6-13(11)14/h1-9H,(H,21,22,23). The van der Waals surface area contributed by atoms with Crippen molar-refractivity contribution >= 4 is 38.0 Å². The van der Waals surface area contributed by atoms with Crippen LogP contribution < -0.4 is 5.53 Å². The maximum atomic E-state index is 11.4. The average molecular weight is 338 g/mol. The Balaban J connectivity index is 2.13. The van der Waals surface area contributed by atoms with Gasteiger partial charge in [-0.3, -0.25) is 4.55 Å². The smallest absolute Gasteiger partial charge is 0.282 e. The number of azo groups is 1. The Morgan fingerprint density at radius 1 is 0.958 bits per heavy atom. The third-order valence-electron chi connectivity index (χ3n) is 3.28. The molecule has 3 rings (SSSR count). The number of benzene rings is 3. The molecule has 0 saturated heterocycles. The van der Waals surface area contributed by atoms with Gasteiger partial charge in [0.15, 0.2) is 0 Å². The van der Waals surface area contributed by atoms with Crippen molar-refractivity contribution in [2.75, 3.05) is 0 Å². The minimum absolute atomic E-state index is 0.0331. The second kappa shape index (κ2) is 6.26. The van der Waals surface area contributed by atoms with Gasteiger partial charge in [-0.1, -0.05) is 36.4 Å². The zero-order valence-electron chi connectivity index (χ0n) is 12.2. The highest BCUT2D eigenvalue weighted by atomic mass is 32.2. The number of hydrogen-bond donors (Lipinski definition) is 1. The number of nitrogens with zero attached hydrogens (tertiary/aromatic N) is 4. The lowest BCUT2D eigenvalue weighted by atomic mass is 10.1. The van der Waals surface area contributed by atoms with Gasteiger partial charge in [0.1, 0.15) is 10.6 Å². The molecule has 0 aliphatic heterocycles. The van der Waals surface area contributed by atoms with E-state index in [1.807, 2.05) is 30.3 Å². The van der Waals surface area contributed by atoms with Gasteiger partial charge in [0.2, 0.25) is 0 Å². The van der Waals surface area contributed by atoms with Gasteiger partial charge in [0.05, 0.1) is 11.4 Å². The lowest BCUT2D eigenvalue weighted by molar-refractivity contribution is 0.483. The Hall–Kier alpha value is -2.97. The van der Waals surface area contributed by atoms with Crippen LogP contribution in [0.4, 0.5) is 17.1 Å². The first-order valence-electron chi connectivity index (χ1n) is 6.77. The Morgan fingerprint density at radius 2 is 1.71 bits per heavy atom. The van der Waals surface area contributed by atoms with E-state index in [0.717, 1.165) is 16.8 Å². The van der Waals surface area contributed by atoms with E-state index in [0.29, 0.717) is 5.69 Å². The van der Waals surface area contributed by atoms with Crippen molar-refractivity contribution in [3.05, 3.63) is 60.7 Å². The molecule has 0 aliphatic rings. The van der Waals surface area contributed by atoms with E-state index in [4.69, 9.17) is 5.53 Å². The minimum Gasteiger partial charge on any atom is -0.282 e. The summed E-state index contributed by atoms with van der Waals surface area (Å²) in [5, 5.41) is 12.6. The molecule has 7 nitrogen and oxygen atoms in total. The molecule has 0 amide bonds. The molecule has 118 valence electrons. The van der Waals surface area contributed by atoms with E-state index in [1.165, 1.54) is 6.07 Å². The molecule has 0 spiro atoms. The normalized spacial score (nSPS) is 11.9. The fourth-order valence-corrected chi connectivity index (χ4v) is 2.77. The van der Waals surface area contributed by atoms with Crippen LogP contribution in [0.2, 0.25) is 0 Å². The van der Waals surface area contributed by atoms with Crippen LogP contribution in [0.5, 0.6) is 0 Å². The molecular weight excluding hydrogens is 328 g/mol. The van der Waals surface area contributed by atoms with Crippen LogP contribution in [-0.4, -0.2) is 13.0 Å². The van der Waals surface area contributed by atoms with Gasteiger partial charge in [-0.2, -0.15) is 8.42 Å². The summed E-state index contributed by atoms with van der Waals surface area (Å²) in [7, 11) is -4.51. The molecule has 0 bridgehead atoms. The Morgan fingerprint density at radius 3 is 2.46 bits per heavy atom. The van der Waals surface area contributed by atoms with Crippen LogP contribution in [0.3, 0.4) is 0 Å². The van der Waals surface area contributed by atoms with E-state index >= 15 is 0 Å². The summed E-state index contributed by atoms with van der Waals surface area (Å²) in [5.41, 5.74) is 9.03. The number of hydrogen-bond acceptors (Lipinski definition) is 5. The first kappa shape index (κ1) is 15.9. The molecule has 0 atom stereocenters. The Kier molecular flexibility index (Phi) is 4.15. The fraction of sp³-hybridized carbons (Fsp3) is 0. The molecule has 0 unspecified atom stereocenters. The molecule has 2 radical (unpaired) electrons. The van der Waals surface area contributed by atoms with Gasteiger partial charge in [-0.15, -0.1) is 15.3 Å². The molecule has 1 N–H and O–H groups in total. The topological polar surface area (TPSA) is 114 Å². The summed E-state index contributed by atoms with van der Waals surface area (Å²) in [6.07, 6.45) is 0. The Bertz CT molecular complexity index is 1060. The van der Waals surface area contributed by atoms with Crippen molar-refractivity contribution in [3.63, 3.8) is 0 Å². The van der Waals surface area contributed by atoms with Crippen molar-refractivity contribution in [1.29, 1.82) is 0 Å². The van der Waals surface area contributed by atoms with Crippen molar-refractivity contribution in [2.45, 2.75) is 4.90 Å². The molecule has 8 heteroatoms. The third-order valence-corrected chi connectivity index (χ3v) is 4.17. The highest BCUT2D eigenvalue weighted by Gasteiger charge is 2.16. The molecule has 0 aromatic heterocycles. The van der Waals surface area contributed by atoms with Gasteiger partial charge >= 0.3 is 0 Å². The predicted octanol–water partition coefficient (Wildman–Crippen LogP) is 4.19. The van der Waals surface area contributed by atoms with Crippen LogP contribution in [0.1, 0.15) is 0 Å². The van der Waals surface area contributed by atoms with E-state index < -0.39 is 15.0 Å². The molecule has 0 saturated carbocycles. The van der Waals surface area contributed by atoms with Crippen molar-refractivity contribution in [1.82, 2.24) is 5.53 Å². The van der Waals surface area contributed by atoms with E-state index in [1.54, 1.807) is 12.1 Å². The lowest BCUT2D eigenvalue weighted by Crippen LogP contribution is -1.98. The van der Waals surface area contributed by atoms with Crippen LogP contribution >= 0.6 is 0 Å². The van der Waals surface area contributed by atoms with Crippen LogP contribution in [0.15, 0.2) is 74.8 Å². The van der Waals surface area contributed by atoms with Crippen LogP contribution in [-0.2, 0) is 10.1 Å². The second-order valence-electron chi connectivity index (χ2n) is 4.83. The third kappa shape index (κ3) is 3.19. The largest absolute Gasteiger partial charge is 0.296 e. The molecule has 0 aliphatic carbocycles. The van der Waals surface area contributed by atoms with E-state index in [-0.39, 0.29) is 11.4 Å². The summed E-state index contributed by atoms with van der Waals surface area (Å²) in [6.45, 7) is 0. The van der Waals surface area contributed by atoms with Crippen LogP contribution in [0, 0.1) is 6.07 Å². The summed E-state index contributed by atoms with van der Waals surface area (Å²) in [5.74, 6) is 0. The number of fused-ring (bicyclic) bond motifs is 1. The first-order valence-corrected chi connectivity index (χ1v) is 8.21. The fourth-order valence-electron chi connectivity index (χ4n) is 2.20. The monoisotopic (exact) mass is 338 g/mol. The number of rotatable bonds is 4. The quantitative estimate of drug-likeness (QED) is 0.568. The molecule has 3 aromatic carbocycles. The Labute approximate surface area is 137 Å². The van der Waals surface area contributed by atoms with Crippen molar-refractivity contribution in [2.24, 2.45) is 15.3 Å². The van der Waals surface area contributed by atoms with Crippen LogP contribution in [0.25, 0.3) is 10.8 Å². The summed E-state index contributed by atoms with van der Waals surface area (Å²) in [6, 6.07) is 17.7. The van der Waals surface area contributed by atoms with Gasteiger partial charge in [-0.05, 0) is 29.1 Å². The van der Waals surface area contributed by atoms with E-state index in [2.05, 4.69) is 21.4 Å². The first-order chi connectivity index (χ1) is 11.5. The SMILES string of the molecule is [N]=Nc1[c]c(N=Nc2cccc3ccccc23)c(S(=O)(=O)O)cc1. The molecule has 0 fully saturated rings. The zero-order valence-corrected chi connectivity index (χ0v) is 13.0. The highest BCUT2D eigenvalue weighted by molar-refractivity contribution is 7.86. The van der Waals surface area contributed by atoms with E-state index in [9.17, 15) is 13.0 Å². The second-order valence-corrected chi connectivity index (χ2v) is 6.22. The lowest BCUT2D eigenvalue weighted by Gasteiger charge is -2.03. The predicted molar refractivity (Wildman–Crippen MR) is 87.4 cm³/mol. The molecule has 0 heterocycles. The average Bonchev–Trinajstić information content (AvgIpc) is 2.58. The van der Waals surface area contributed by atoms with Gasteiger partial charge in [0, 0.05) is 11.5 Å². The van der Waals surface area contributed by atoms with Gasteiger partial charge in [0.25, 0.3) is 10.1 Å². The molecular formula is C16H10N4O3S. The maximum absolute atomic E-state index is 11.4. The van der Waals surface area contributed by atoms with Crippen molar-refractivity contribution in [3.8, 4) is 0 Å². The summed E-state index contributed by atoms with van der Waals surface area (Å²) >= 11 is 0. The molecule has 3 aromatic rings. The van der Waals surface area contributed by atoms with Gasteiger partial charge < -0.3 is 0 Å². The maximum Gasteiger partial charge on any atom is 0.296 e. The van der Waals surface area contributed by atoms with Crippen molar-refractivity contribution < 1.29 is 13.0 Å². The zero-order chi connectivity index (χ0) is 17.2. The summed E-state index contributed by atoms with van der Waals surface area (Å²) < 4.78 is 32.1. The highest BCUT2D eigenvalue weighted by Crippen LogP contribution is 2.31. The summed E-state index contributed by atoms with van der Waals surface area (Å²) in [4.78, 5) is -0.473. The minimum atomic E-state index is -4.51.